The van der Waals surface area contributed by atoms with Gasteiger partial charge < -0.3 is 10.4 Å². The topological polar surface area (TPSA) is 52.6 Å². The van der Waals surface area contributed by atoms with E-state index >= 15 is 0 Å². The van der Waals surface area contributed by atoms with Gasteiger partial charge in [-0.2, -0.15) is 0 Å². The van der Waals surface area contributed by atoms with Crippen LogP contribution in [0.3, 0.4) is 0 Å². The van der Waals surface area contributed by atoms with Gasteiger partial charge in [0.25, 0.3) is 0 Å². The van der Waals surface area contributed by atoms with Crippen molar-refractivity contribution in [3.8, 4) is 0 Å². The van der Waals surface area contributed by atoms with E-state index in [0.29, 0.717) is 17.9 Å². The van der Waals surface area contributed by atoms with E-state index in [2.05, 4.69) is 17.1 Å². The van der Waals surface area contributed by atoms with Gasteiger partial charge in [0.05, 0.1) is 0 Å². The van der Waals surface area contributed by atoms with Gasteiger partial charge in [-0.1, -0.05) is 0 Å². The third-order valence-electron chi connectivity index (χ3n) is 3.83. The van der Waals surface area contributed by atoms with Gasteiger partial charge in [0.15, 0.2) is 0 Å². The Labute approximate surface area is 84.3 Å². The minimum absolute atomic E-state index is 0.337. The van der Waals surface area contributed by atoms with E-state index in [1.807, 2.05) is 0 Å². The van der Waals surface area contributed by atoms with Crippen LogP contribution in [0.15, 0.2) is 0 Å². The number of hydrogen-bond donors (Lipinski definition) is 2. The Morgan fingerprint density at radius 3 is 2.86 bits per heavy atom. The molecule has 2 aliphatic rings. The molecular formula is C10H18N2O2. The maximum Gasteiger partial charge on any atom is 0.320 e. The molecule has 0 aliphatic carbocycles. The molecule has 4 atom stereocenters. The normalized spacial score (nSPS) is 39.7. The van der Waals surface area contributed by atoms with Crippen molar-refractivity contribution in [2.75, 3.05) is 19.6 Å². The molecule has 2 fully saturated rings. The van der Waals surface area contributed by atoms with Crippen LogP contribution in [0.2, 0.25) is 0 Å². The number of nitrogens with zero attached hydrogens (tertiary/aromatic N) is 1. The summed E-state index contributed by atoms with van der Waals surface area (Å²) in [6, 6.07) is 0.0664. The average molecular weight is 198 g/mol. The molecule has 0 bridgehead atoms. The average Bonchev–Trinajstić information content (AvgIpc) is 2.68. The quantitative estimate of drug-likeness (QED) is 0.656. The number of hydrogen-bond acceptors (Lipinski definition) is 3. The predicted octanol–water partition coefficient (Wildman–Crippen LogP) is -0.000800. The molecule has 2 rings (SSSR count). The van der Waals surface area contributed by atoms with Crippen LogP contribution in [0.1, 0.15) is 13.8 Å². The molecule has 0 aromatic heterocycles. The summed E-state index contributed by atoms with van der Waals surface area (Å²) in [6.45, 7) is 6.98. The fourth-order valence-corrected chi connectivity index (χ4v) is 2.85. The van der Waals surface area contributed by atoms with E-state index < -0.39 is 5.97 Å². The number of likely N-dealkylation sites (tertiary alicyclic amines) is 1. The first-order valence-corrected chi connectivity index (χ1v) is 5.30. The van der Waals surface area contributed by atoms with Crippen molar-refractivity contribution in [2.45, 2.75) is 25.9 Å². The van der Waals surface area contributed by atoms with Crippen LogP contribution in [0, 0.1) is 11.8 Å². The number of fused-ring (bicyclic) bond motifs is 1. The number of carbonyl (C=O) groups is 1. The van der Waals surface area contributed by atoms with Gasteiger partial charge in [0.2, 0.25) is 0 Å². The third-order valence-corrected chi connectivity index (χ3v) is 3.83. The fourth-order valence-electron chi connectivity index (χ4n) is 2.85. The zero-order valence-electron chi connectivity index (χ0n) is 8.73. The van der Waals surface area contributed by atoms with Crippen LogP contribution < -0.4 is 5.32 Å². The Kier molecular flexibility index (Phi) is 2.49. The molecule has 0 aromatic carbocycles. The summed E-state index contributed by atoms with van der Waals surface area (Å²) in [7, 11) is 0. The van der Waals surface area contributed by atoms with Crippen molar-refractivity contribution in [1.82, 2.24) is 10.2 Å². The monoisotopic (exact) mass is 198 g/mol. The van der Waals surface area contributed by atoms with Gasteiger partial charge in [-0.05, 0) is 38.8 Å². The van der Waals surface area contributed by atoms with E-state index in [1.165, 1.54) is 0 Å². The van der Waals surface area contributed by atoms with Crippen LogP contribution in [0.25, 0.3) is 0 Å². The number of carboxylic acids is 1. The van der Waals surface area contributed by atoms with Crippen LogP contribution in [0.4, 0.5) is 0 Å². The van der Waals surface area contributed by atoms with Crippen molar-refractivity contribution in [1.29, 1.82) is 0 Å². The van der Waals surface area contributed by atoms with E-state index in [1.54, 1.807) is 6.92 Å². The summed E-state index contributed by atoms with van der Waals surface area (Å²) < 4.78 is 0. The smallest absolute Gasteiger partial charge is 0.320 e. The Bertz CT molecular complexity index is 244. The standard InChI is InChI=1S/C10H18N2O2/c1-6-9-4-11-3-8(9)5-12(6)7(2)10(13)14/h6-9,11H,3-5H2,1-2H3,(H,13,14). The predicted molar refractivity (Wildman–Crippen MR) is 53.1 cm³/mol. The lowest BCUT2D eigenvalue weighted by Gasteiger charge is -2.27. The van der Waals surface area contributed by atoms with Crippen LogP contribution in [-0.4, -0.2) is 47.7 Å². The van der Waals surface area contributed by atoms with Crippen molar-refractivity contribution < 1.29 is 9.90 Å². The molecular weight excluding hydrogens is 180 g/mol. The lowest BCUT2D eigenvalue weighted by molar-refractivity contribution is -0.143. The minimum atomic E-state index is -0.704. The van der Waals surface area contributed by atoms with Crippen LogP contribution in [-0.2, 0) is 4.79 Å². The number of aliphatic carboxylic acids is 1. The summed E-state index contributed by atoms with van der Waals surface area (Å²) in [4.78, 5) is 13.0. The summed E-state index contributed by atoms with van der Waals surface area (Å²) in [5.41, 5.74) is 0. The molecule has 4 unspecified atom stereocenters. The van der Waals surface area contributed by atoms with Gasteiger partial charge in [0, 0.05) is 12.6 Å². The highest BCUT2D eigenvalue weighted by Gasteiger charge is 2.44. The van der Waals surface area contributed by atoms with Crippen molar-refractivity contribution >= 4 is 5.97 Å². The Morgan fingerprint density at radius 2 is 2.29 bits per heavy atom. The largest absolute Gasteiger partial charge is 0.480 e. The molecule has 0 radical (unpaired) electrons. The van der Waals surface area contributed by atoms with Crippen LogP contribution >= 0.6 is 0 Å². The van der Waals surface area contributed by atoms with Crippen molar-refractivity contribution in [3.63, 3.8) is 0 Å². The van der Waals surface area contributed by atoms with Crippen molar-refractivity contribution in [2.24, 2.45) is 11.8 Å². The Morgan fingerprint density at radius 1 is 1.57 bits per heavy atom. The molecule has 2 N–H and O–H groups in total. The highest BCUT2D eigenvalue weighted by molar-refractivity contribution is 5.73. The lowest BCUT2D eigenvalue weighted by atomic mass is 9.95. The second-order valence-electron chi connectivity index (χ2n) is 4.53. The SMILES string of the molecule is CC(C(=O)O)N1CC2CNCC2C1C. The first kappa shape index (κ1) is 9.93. The first-order chi connectivity index (χ1) is 6.61. The molecule has 80 valence electrons. The van der Waals surface area contributed by atoms with E-state index in [0.717, 1.165) is 19.6 Å². The molecule has 0 saturated carbocycles. The second-order valence-corrected chi connectivity index (χ2v) is 4.53. The molecule has 0 aromatic rings. The van der Waals surface area contributed by atoms with E-state index in [4.69, 9.17) is 5.11 Å². The van der Waals surface area contributed by atoms with Gasteiger partial charge >= 0.3 is 5.97 Å². The minimum Gasteiger partial charge on any atom is -0.480 e. The third kappa shape index (κ3) is 1.42. The highest BCUT2D eigenvalue weighted by Crippen LogP contribution is 2.33. The Hall–Kier alpha value is -0.610. The number of carboxylic acid groups (broad SMARTS) is 1. The molecule has 0 amide bonds. The molecule has 2 saturated heterocycles. The number of rotatable bonds is 2. The second kappa shape index (κ2) is 3.51. The maximum absolute atomic E-state index is 10.9. The molecule has 2 heterocycles. The molecule has 0 spiro atoms. The molecule has 4 heteroatoms. The zero-order chi connectivity index (χ0) is 10.3. The summed E-state index contributed by atoms with van der Waals surface area (Å²) in [6.07, 6.45) is 0. The highest BCUT2D eigenvalue weighted by atomic mass is 16.4. The van der Waals surface area contributed by atoms with Crippen LogP contribution in [0.5, 0.6) is 0 Å². The van der Waals surface area contributed by atoms with E-state index in [9.17, 15) is 4.79 Å². The van der Waals surface area contributed by atoms with E-state index in [-0.39, 0.29) is 6.04 Å². The Balaban J connectivity index is 2.06. The molecule has 2 aliphatic heterocycles. The van der Waals surface area contributed by atoms with Gasteiger partial charge in [-0.3, -0.25) is 9.69 Å². The zero-order valence-corrected chi connectivity index (χ0v) is 8.73. The number of nitrogens with one attached hydrogen (secondary N) is 1. The van der Waals surface area contributed by atoms with Crippen molar-refractivity contribution in [3.05, 3.63) is 0 Å². The van der Waals surface area contributed by atoms with Gasteiger partial charge in [0.1, 0.15) is 6.04 Å². The fraction of sp³-hybridized carbons (Fsp3) is 0.900. The first-order valence-electron chi connectivity index (χ1n) is 5.30. The summed E-state index contributed by atoms with van der Waals surface area (Å²) in [5, 5.41) is 12.3. The summed E-state index contributed by atoms with van der Waals surface area (Å²) in [5.74, 6) is 0.605. The van der Waals surface area contributed by atoms with Gasteiger partial charge in [-0.25, -0.2) is 0 Å². The molecule has 4 nitrogen and oxygen atoms in total. The summed E-state index contributed by atoms with van der Waals surface area (Å²) >= 11 is 0. The molecule has 14 heavy (non-hydrogen) atoms. The lowest BCUT2D eigenvalue weighted by Crippen LogP contribution is -2.43. The maximum atomic E-state index is 10.9. The van der Waals surface area contributed by atoms with Gasteiger partial charge in [-0.15, -0.1) is 0 Å².